The van der Waals surface area contributed by atoms with Gasteiger partial charge in [0.15, 0.2) is 17.5 Å². The number of hydrogen-bond donors (Lipinski definition) is 5. The predicted molar refractivity (Wildman–Crippen MR) is 151 cm³/mol. The van der Waals surface area contributed by atoms with Crippen LogP contribution >= 0.6 is 10.9 Å². The van der Waals surface area contributed by atoms with E-state index in [2.05, 4.69) is 10.3 Å². The Morgan fingerprint density at radius 1 is 1.00 bits per heavy atom. The number of aliphatic hydroxyl groups excluding tert-OH is 3. The van der Waals surface area contributed by atoms with Crippen LogP contribution in [0.1, 0.15) is 66.9 Å². The minimum atomic E-state index is -2.89. The largest absolute Gasteiger partial charge is 0.395 e. The molecule has 13 heteroatoms. The Labute approximate surface area is 247 Å². The highest BCUT2D eigenvalue weighted by Crippen LogP contribution is 2.62. The van der Waals surface area contributed by atoms with E-state index in [9.17, 15) is 42.4 Å². The molecule has 0 bridgehead atoms. The van der Waals surface area contributed by atoms with Gasteiger partial charge in [-0.3, -0.25) is 0 Å². The number of alkyl halides is 2. The zero-order valence-corrected chi connectivity index (χ0v) is 24.0. The highest BCUT2D eigenvalue weighted by Gasteiger charge is 2.54. The molecule has 1 aliphatic heterocycles. The van der Waals surface area contributed by atoms with E-state index >= 15 is 0 Å². The summed E-state index contributed by atoms with van der Waals surface area (Å²) in [5.74, 6) is -7.02. The zero-order valence-electron chi connectivity index (χ0n) is 23.1. The highest BCUT2D eigenvalue weighted by atomic mass is 32.2. The number of rotatable bonds is 7. The molecule has 2 aliphatic carbocycles. The summed E-state index contributed by atoms with van der Waals surface area (Å²) in [4.78, 5) is 0. The van der Waals surface area contributed by atoms with Crippen molar-refractivity contribution in [3.8, 4) is 11.3 Å². The summed E-state index contributed by atoms with van der Waals surface area (Å²) in [6.07, 6.45) is -0.735. The van der Waals surface area contributed by atoms with Gasteiger partial charge in [0.05, 0.1) is 30.6 Å². The van der Waals surface area contributed by atoms with Gasteiger partial charge in [-0.05, 0) is 54.9 Å². The molecule has 4 N–H and O–H groups in total. The Bertz CT molecular complexity index is 1450. The number of benzene rings is 2. The summed E-state index contributed by atoms with van der Waals surface area (Å²) in [6.45, 7) is -0.500. The lowest BCUT2D eigenvalue weighted by atomic mass is 9.77. The molecule has 0 radical (unpaired) electrons. The van der Waals surface area contributed by atoms with E-state index in [1.165, 1.54) is 6.20 Å². The quantitative estimate of drug-likeness (QED) is 0.149. The van der Waals surface area contributed by atoms with E-state index in [1.54, 1.807) is 0 Å². The number of thiol groups is 1. The SMILES string of the molecule is OC[C@@H]1[C@H](O)[C@@H](n2cc(-c3cc(F)c(F)c(F)c3)nn2)[C@@H](O)C[SH]1[C@H](c1ccccc1C1CC1)C1(O)CCC(F)(F)CC1. The zero-order chi connectivity index (χ0) is 30.7. The minimum absolute atomic E-state index is 0.0285. The Hall–Kier alpha value is -2.58. The second kappa shape index (κ2) is 11.4. The van der Waals surface area contributed by atoms with Crippen LogP contribution in [-0.2, 0) is 0 Å². The monoisotopic (exact) mass is 627 g/mol. The van der Waals surface area contributed by atoms with E-state index < -0.39 is 88.1 Å². The molecule has 1 unspecified atom stereocenters. The summed E-state index contributed by atoms with van der Waals surface area (Å²) in [6, 6.07) is 7.98. The maximum absolute atomic E-state index is 14.3. The Morgan fingerprint density at radius 2 is 1.65 bits per heavy atom. The van der Waals surface area contributed by atoms with Gasteiger partial charge in [0.2, 0.25) is 5.92 Å². The van der Waals surface area contributed by atoms with Crippen LogP contribution in [0.4, 0.5) is 22.0 Å². The molecule has 3 fully saturated rings. The normalized spacial score (nSPS) is 30.2. The van der Waals surface area contributed by atoms with Gasteiger partial charge in [0, 0.05) is 34.7 Å². The highest BCUT2D eigenvalue weighted by molar-refractivity contribution is 8.18. The average molecular weight is 628 g/mol. The number of hydrogen-bond acceptors (Lipinski definition) is 6. The maximum Gasteiger partial charge on any atom is 0.248 e. The molecule has 234 valence electrons. The lowest BCUT2D eigenvalue weighted by molar-refractivity contribution is -0.105. The van der Waals surface area contributed by atoms with Crippen LogP contribution in [0.25, 0.3) is 11.3 Å². The molecular formula is C30H34F5N3O4S. The summed E-state index contributed by atoms with van der Waals surface area (Å²) >= 11 is 0. The van der Waals surface area contributed by atoms with Gasteiger partial charge in [0.25, 0.3) is 0 Å². The summed E-state index contributed by atoms with van der Waals surface area (Å²) < 4.78 is 70.8. The Balaban J connectivity index is 1.35. The van der Waals surface area contributed by atoms with Crippen molar-refractivity contribution >= 4 is 10.9 Å². The molecule has 0 spiro atoms. The smallest absolute Gasteiger partial charge is 0.248 e. The molecule has 43 heavy (non-hydrogen) atoms. The third-order valence-electron chi connectivity index (χ3n) is 9.24. The van der Waals surface area contributed by atoms with Crippen LogP contribution in [0.5, 0.6) is 0 Å². The third kappa shape index (κ3) is 5.70. The molecular weight excluding hydrogens is 593 g/mol. The standard InChI is InChI=1S/C30H34F5N3O4S/c31-20-11-17(12-21(32)25(20)33)22-13-38(37-36-22)26-23(40)15-43(24(14-39)27(26)41)28(29(42)7-9-30(34,35)10-8-29)19-4-2-1-3-18(19)16-5-6-16/h1-4,11-13,16,23-24,26-28,39-43H,5-10,14-15H2/t23-,24+,26-,27-,28+/m0/s1. The van der Waals surface area contributed by atoms with Crippen molar-refractivity contribution in [3.63, 3.8) is 0 Å². The molecule has 3 aliphatic rings. The van der Waals surface area contributed by atoms with E-state index in [1.807, 2.05) is 24.3 Å². The Morgan fingerprint density at radius 3 is 2.28 bits per heavy atom. The maximum atomic E-state index is 14.3. The molecule has 7 nitrogen and oxygen atoms in total. The van der Waals surface area contributed by atoms with Crippen LogP contribution in [0, 0.1) is 17.5 Å². The fourth-order valence-electron chi connectivity index (χ4n) is 6.84. The molecule has 6 rings (SSSR count). The fourth-order valence-corrected chi connectivity index (χ4v) is 10.6. The van der Waals surface area contributed by atoms with E-state index in [0.29, 0.717) is 0 Å². The second-order valence-electron chi connectivity index (χ2n) is 12.1. The van der Waals surface area contributed by atoms with Gasteiger partial charge in [-0.25, -0.2) is 37.5 Å². The van der Waals surface area contributed by atoms with Gasteiger partial charge in [-0.15, -0.1) is 5.10 Å². The number of halogens is 5. The first kappa shape index (κ1) is 30.4. The van der Waals surface area contributed by atoms with Crippen molar-refractivity contribution in [1.82, 2.24) is 15.0 Å². The van der Waals surface area contributed by atoms with E-state index in [0.717, 1.165) is 40.8 Å². The number of nitrogens with zero attached hydrogens (tertiary/aromatic N) is 3. The molecule has 2 aromatic carbocycles. The third-order valence-corrected chi connectivity index (χ3v) is 12.8. The summed E-state index contributed by atoms with van der Waals surface area (Å²) in [5, 5.41) is 52.1. The van der Waals surface area contributed by atoms with Crippen LogP contribution in [-0.4, -0.2) is 76.8 Å². The molecule has 3 aromatic rings. The topological polar surface area (TPSA) is 112 Å². The first-order chi connectivity index (χ1) is 20.4. The van der Waals surface area contributed by atoms with Crippen molar-refractivity contribution < 1.29 is 42.4 Å². The Kier molecular flexibility index (Phi) is 8.08. The van der Waals surface area contributed by atoms with Gasteiger partial charge in [-0.1, -0.05) is 29.5 Å². The number of aliphatic hydroxyl groups is 4. The second-order valence-corrected chi connectivity index (χ2v) is 14.7. The van der Waals surface area contributed by atoms with Gasteiger partial charge in [0.1, 0.15) is 11.7 Å². The van der Waals surface area contributed by atoms with Crippen LogP contribution in [0.3, 0.4) is 0 Å². The molecule has 6 atom stereocenters. The van der Waals surface area contributed by atoms with Gasteiger partial charge < -0.3 is 20.4 Å². The van der Waals surface area contributed by atoms with Crippen molar-refractivity contribution in [1.29, 1.82) is 0 Å². The van der Waals surface area contributed by atoms with Gasteiger partial charge in [-0.2, -0.15) is 0 Å². The van der Waals surface area contributed by atoms with Crippen LogP contribution < -0.4 is 0 Å². The van der Waals surface area contributed by atoms with Crippen molar-refractivity contribution in [2.75, 3.05) is 12.4 Å². The minimum Gasteiger partial charge on any atom is -0.395 e. The van der Waals surface area contributed by atoms with Crippen molar-refractivity contribution in [2.24, 2.45) is 0 Å². The molecule has 1 saturated heterocycles. The van der Waals surface area contributed by atoms with Crippen molar-refractivity contribution in [3.05, 3.63) is 71.2 Å². The first-order valence-corrected chi connectivity index (χ1v) is 16.1. The molecule has 1 aromatic heterocycles. The van der Waals surface area contributed by atoms with Crippen LogP contribution in [0.2, 0.25) is 0 Å². The first-order valence-electron chi connectivity index (χ1n) is 14.4. The number of aromatic nitrogens is 3. The van der Waals surface area contributed by atoms with Gasteiger partial charge >= 0.3 is 0 Å². The molecule has 2 heterocycles. The predicted octanol–water partition coefficient (Wildman–Crippen LogP) is 4.56. The summed E-state index contributed by atoms with van der Waals surface area (Å²) in [5.41, 5.74) is 0.164. The lowest BCUT2D eigenvalue weighted by Gasteiger charge is -2.53. The van der Waals surface area contributed by atoms with E-state index in [4.69, 9.17) is 0 Å². The molecule has 2 saturated carbocycles. The van der Waals surface area contributed by atoms with Crippen molar-refractivity contribution in [2.45, 2.75) is 84.7 Å². The van der Waals surface area contributed by atoms with E-state index in [-0.39, 0.29) is 35.8 Å². The summed E-state index contributed by atoms with van der Waals surface area (Å²) in [7, 11) is -1.58. The van der Waals surface area contributed by atoms with Crippen LogP contribution in [0.15, 0.2) is 42.6 Å². The fraction of sp³-hybridized carbons (Fsp3) is 0.533. The average Bonchev–Trinajstić information content (AvgIpc) is 3.70. The molecule has 0 amide bonds. The lowest BCUT2D eigenvalue weighted by Crippen LogP contribution is -2.53.